The largest absolute Gasteiger partial charge is 0.508 e. The maximum absolute atomic E-state index is 14.9. The number of carbonyl (C=O) groups excluding carboxylic acids is 3. The molecule has 4 atom stereocenters. The van der Waals surface area contributed by atoms with E-state index in [-0.39, 0.29) is 18.5 Å². The molecule has 3 aliphatic carbocycles. The van der Waals surface area contributed by atoms with Gasteiger partial charge >= 0.3 is 6.18 Å². The molecule has 0 aromatic heterocycles. The van der Waals surface area contributed by atoms with E-state index in [1.54, 1.807) is 11.8 Å². The van der Waals surface area contributed by atoms with E-state index in [2.05, 4.69) is 0 Å². The lowest BCUT2D eigenvalue weighted by molar-refractivity contribution is -0.153. The molecular weight excluding hydrogens is 595 g/mol. The van der Waals surface area contributed by atoms with E-state index < -0.39 is 98.7 Å². The first-order valence-electron chi connectivity index (χ1n) is 14.4. The molecule has 0 bridgehead atoms. The van der Waals surface area contributed by atoms with E-state index >= 15 is 0 Å². The standard InChI is InChI=1S/C32H34F3N3O7/c1-4-38(13-15-8-6-5-7-9-15)14-17-12-20(39)22-18(24(17)32(33,34)35)10-16-11-19-25(37(2)3)27(41)23(30(36)44)29(43)31(19,45)28(42)21(16)26(22)40/h5-9,12,16,19,25,39-40,43,45H,4,10-11,13-14H2,1-3H3,(H2,36,44)/t16-,19-,25-,31-/m0/s1. The highest BCUT2D eigenvalue weighted by molar-refractivity contribution is 6.24. The summed E-state index contributed by atoms with van der Waals surface area (Å²) in [6.07, 6.45) is -5.69. The number of alkyl halides is 3. The molecular formula is C32H34F3N3O7. The van der Waals surface area contributed by atoms with Crippen LogP contribution in [-0.2, 0) is 40.1 Å². The van der Waals surface area contributed by atoms with E-state index in [9.17, 15) is 48.0 Å². The lowest BCUT2D eigenvalue weighted by atomic mass is 9.57. The van der Waals surface area contributed by atoms with Crippen LogP contribution in [-0.4, -0.2) is 80.0 Å². The number of benzene rings is 2. The summed E-state index contributed by atoms with van der Waals surface area (Å²) in [6.45, 7) is 2.34. The first-order chi connectivity index (χ1) is 21.0. The number of aromatic hydroxyl groups is 1. The summed E-state index contributed by atoms with van der Waals surface area (Å²) >= 11 is 0. The summed E-state index contributed by atoms with van der Waals surface area (Å²) in [5, 5.41) is 45.0. The van der Waals surface area contributed by atoms with Gasteiger partial charge in [-0.15, -0.1) is 0 Å². The van der Waals surface area contributed by atoms with Crippen LogP contribution in [0.15, 0.2) is 53.3 Å². The highest BCUT2D eigenvalue weighted by atomic mass is 19.4. The molecule has 240 valence electrons. The Hall–Kier alpha value is -4.20. The Balaban J connectivity index is 1.67. The number of nitrogens with two attached hydrogens (primary N) is 1. The Morgan fingerprint density at radius 2 is 1.73 bits per heavy atom. The molecule has 1 saturated carbocycles. The first-order valence-corrected chi connectivity index (χ1v) is 14.4. The molecule has 0 heterocycles. The third-order valence-corrected chi connectivity index (χ3v) is 9.18. The van der Waals surface area contributed by atoms with Crippen molar-refractivity contribution in [2.75, 3.05) is 20.6 Å². The summed E-state index contributed by atoms with van der Waals surface area (Å²) in [4.78, 5) is 42.4. The molecule has 1 fully saturated rings. The Labute approximate surface area is 256 Å². The predicted molar refractivity (Wildman–Crippen MR) is 155 cm³/mol. The number of likely N-dealkylation sites (N-methyl/N-ethyl adjacent to an activating group) is 1. The minimum absolute atomic E-state index is 0.184. The van der Waals surface area contributed by atoms with Crippen LogP contribution >= 0.6 is 0 Å². The summed E-state index contributed by atoms with van der Waals surface area (Å²) in [5.41, 5.74) is -0.478. The van der Waals surface area contributed by atoms with Gasteiger partial charge in [-0.2, -0.15) is 13.2 Å². The van der Waals surface area contributed by atoms with Crippen LogP contribution < -0.4 is 5.73 Å². The van der Waals surface area contributed by atoms with E-state index in [0.29, 0.717) is 13.1 Å². The number of halogens is 3. The van der Waals surface area contributed by atoms with Gasteiger partial charge in [0.2, 0.25) is 5.78 Å². The minimum Gasteiger partial charge on any atom is -0.508 e. The molecule has 0 saturated heterocycles. The van der Waals surface area contributed by atoms with Crippen molar-refractivity contribution < 1.29 is 48.0 Å². The van der Waals surface area contributed by atoms with E-state index in [4.69, 9.17) is 5.73 Å². The Bertz CT molecular complexity index is 1650. The van der Waals surface area contributed by atoms with Crippen LogP contribution in [0.5, 0.6) is 5.75 Å². The lowest BCUT2D eigenvalue weighted by Gasteiger charge is -2.50. The van der Waals surface area contributed by atoms with Crippen molar-refractivity contribution in [1.29, 1.82) is 0 Å². The van der Waals surface area contributed by atoms with Gasteiger partial charge in [0, 0.05) is 24.6 Å². The number of aliphatic hydroxyl groups is 3. The number of phenolic OH excluding ortho intramolecular Hbond substituents is 1. The van der Waals surface area contributed by atoms with Crippen molar-refractivity contribution in [3.8, 4) is 5.75 Å². The van der Waals surface area contributed by atoms with Crippen LogP contribution in [0.3, 0.4) is 0 Å². The van der Waals surface area contributed by atoms with Gasteiger partial charge in [0.05, 0.1) is 17.2 Å². The molecule has 0 spiro atoms. The molecule has 10 nitrogen and oxygen atoms in total. The Kier molecular flexibility index (Phi) is 8.09. The second-order valence-electron chi connectivity index (χ2n) is 12.0. The Morgan fingerprint density at radius 3 is 2.29 bits per heavy atom. The number of Topliss-reactive ketones (excluding diaryl/α,β-unsaturated/α-hetero) is 2. The number of hydrogen-bond acceptors (Lipinski definition) is 9. The molecule has 1 amide bonds. The summed E-state index contributed by atoms with van der Waals surface area (Å²) < 4.78 is 44.6. The monoisotopic (exact) mass is 629 g/mol. The van der Waals surface area contributed by atoms with E-state index in [1.165, 1.54) is 19.0 Å². The van der Waals surface area contributed by atoms with Gasteiger partial charge in [-0.1, -0.05) is 37.3 Å². The van der Waals surface area contributed by atoms with Gasteiger partial charge < -0.3 is 26.2 Å². The fourth-order valence-corrected chi connectivity index (χ4v) is 7.22. The van der Waals surface area contributed by atoms with Crippen LogP contribution in [0, 0.1) is 11.8 Å². The number of carbonyl (C=O) groups is 3. The maximum Gasteiger partial charge on any atom is 0.417 e. The van der Waals surface area contributed by atoms with Gasteiger partial charge in [-0.3, -0.25) is 24.2 Å². The summed E-state index contributed by atoms with van der Waals surface area (Å²) in [6, 6.07) is 8.73. The highest BCUT2D eigenvalue weighted by Gasteiger charge is 2.64. The lowest BCUT2D eigenvalue weighted by Crippen LogP contribution is -2.65. The van der Waals surface area contributed by atoms with Crippen LogP contribution in [0.4, 0.5) is 13.2 Å². The number of ketones is 2. The molecule has 3 aliphatic rings. The van der Waals surface area contributed by atoms with Gasteiger partial charge in [0.1, 0.15) is 22.8 Å². The number of rotatable bonds is 7. The number of fused-ring (bicyclic) bond motifs is 3. The van der Waals surface area contributed by atoms with Crippen LogP contribution in [0.2, 0.25) is 0 Å². The summed E-state index contributed by atoms with van der Waals surface area (Å²) in [5.74, 6) is -9.10. The van der Waals surface area contributed by atoms with Crippen molar-refractivity contribution >= 4 is 23.2 Å². The van der Waals surface area contributed by atoms with Crippen molar-refractivity contribution in [3.05, 3.63) is 81.1 Å². The number of hydrogen-bond donors (Lipinski definition) is 5. The topological polar surface area (TPSA) is 165 Å². The smallest absolute Gasteiger partial charge is 0.417 e. The molecule has 45 heavy (non-hydrogen) atoms. The predicted octanol–water partition coefficient (Wildman–Crippen LogP) is 3.00. The molecule has 0 radical (unpaired) electrons. The fourth-order valence-electron chi connectivity index (χ4n) is 7.22. The SMILES string of the molecule is CCN(Cc1ccccc1)Cc1cc(O)c2c(c1C(F)(F)F)C[C@H]1C[C@H]3[C@H](N(C)C)C(=O)C(C(N)=O)=C(O)[C@@]3(O)C(=O)C1=C2O. The number of aliphatic hydroxyl groups excluding tert-OH is 2. The molecule has 5 rings (SSSR count). The van der Waals surface area contributed by atoms with Crippen molar-refractivity contribution in [2.45, 2.75) is 50.7 Å². The number of primary amides is 1. The summed E-state index contributed by atoms with van der Waals surface area (Å²) in [7, 11) is 2.88. The van der Waals surface area contributed by atoms with Crippen LogP contribution in [0.25, 0.3) is 5.76 Å². The van der Waals surface area contributed by atoms with Crippen molar-refractivity contribution in [1.82, 2.24) is 9.80 Å². The molecule has 2 aromatic carbocycles. The zero-order chi connectivity index (χ0) is 33.2. The van der Waals surface area contributed by atoms with E-state index in [1.807, 2.05) is 30.3 Å². The quantitative estimate of drug-likeness (QED) is 0.290. The van der Waals surface area contributed by atoms with E-state index in [0.717, 1.165) is 11.6 Å². The normalized spacial score (nSPS) is 25.0. The maximum atomic E-state index is 14.9. The second kappa shape index (κ2) is 11.3. The zero-order valence-electron chi connectivity index (χ0n) is 24.9. The Morgan fingerprint density at radius 1 is 1.09 bits per heavy atom. The molecule has 0 aliphatic heterocycles. The molecule has 0 unspecified atom stereocenters. The number of phenols is 1. The number of nitrogens with zero attached hydrogens (tertiary/aromatic N) is 2. The zero-order valence-corrected chi connectivity index (χ0v) is 24.9. The second-order valence-corrected chi connectivity index (χ2v) is 12.0. The first kappa shape index (κ1) is 32.2. The third-order valence-electron chi connectivity index (χ3n) is 9.18. The molecule has 13 heteroatoms. The molecule has 2 aromatic rings. The van der Waals surface area contributed by atoms with Gasteiger partial charge in [-0.25, -0.2) is 0 Å². The molecule has 6 N–H and O–H groups in total. The fraction of sp³-hybridized carbons (Fsp3) is 0.406. The van der Waals surface area contributed by atoms with Gasteiger partial charge in [0.15, 0.2) is 11.4 Å². The van der Waals surface area contributed by atoms with Crippen molar-refractivity contribution in [3.63, 3.8) is 0 Å². The highest BCUT2D eigenvalue weighted by Crippen LogP contribution is 2.54. The third kappa shape index (κ3) is 5.08. The number of amides is 1. The van der Waals surface area contributed by atoms with Crippen LogP contribution in [0.1, 0.15) is 41.2 Å². The van der Waals surface area contributed by atoms with Gasteiger partial charge in [0.25, 0.3) is 5.91 Å². The minimum atomic E-state index is -4.92. The van der Waals surface area contributed by atoms with Gasteiger partial charge in [-0.05, 0) is 62.2 Å². The average molecular weight is 630 g/mol. The average Bonchev–Trinajstić information content (AvgIpc) is 2.94. The van der Waals surface area contributed by atoms with Crippen molar-refractivity contribution in [2.24, 2.45) is 17.6 Å².